The van der Waals surface area contributed by atoms with E-state index in [1.54, 1.807) is 0 Å². The maximum atomic E-state index is 5.63. The molecule has 0 bridgehead atoms. The molecular formula is C12H26N2O2. The molecule has 1 fully saturated rings. The molecule has 2 N–H and O–H groups in total. The Bertz CT molecular complexity index is 174. The molecule has 0 heterocycles. The van der Waals surface area contributed by atoms with E-state index in [0.717, 1.165) is 38.8 Å². The van der Waals surface area contributed by atoms with Crippen molar-refractivity contribution in [2.24, 2.45) is 11.7 Å². The van der Waals surface area contributed by atoms with Crippen LogP contribution in [0, 0.1) is 5.92 Å². The van der Waals surface area contributed by atoms with E-state index < -0.39 is 0 Å². The molecule has 0 spiro atoms. The van der Waals surface area contributed by atoms with E-state index in [2.05, 4.69) is 11.9 Å². The number of nitrogens with two attached hydrogens (primary N) is 1. The van der Waals surface area contributed by atoms with Gasteiger partial charge in [0.05, 0.1) is 12.7 Å². The van der Waals surface area contributed by atoms with E-state index in [-0.39, 0.29) is 6.10 Å². The molecule has 0 radical (unpaired) electrons. The fraction of sp³-hybridized carbons (Fsp3) is 1.00. The van der Waals surface area contributed by atoms with Crippen molar-refractivity contribution in [1.82, 2.24) is 4.90 Å². The third-order valence-corrected chi connectivity index (χ3v) is 2.85. The lowest BCUT2D eigenvalue weighted by Crippen LogP contribution is -2.37. The van der Waals surface area contributed by atoms with E-state index in [1.807, 2.05) is 6.92 Å². The molecule has 0 aromatic heterocycles. The summed E-state index contributed by atoms with van der Waals surface area (Å²) in [6.45, 7) is 6.92. The number of hydrogen-bond acceptors (Lipinski definition) is 4. The van der Waals surface area contributed by atoms with Gasteiger partial charge in [-0.25, -0.2) is 0 Å². The van der Waals surface area contributed by atoms with Gasteiger partial charge in [0.15, 0.2) is 0 Å². The Hall–Kier alpha value is -0.160. The first-order valence-corrected chi connectivity index (χ1v) is 6.34. The molecule has 1 atom stereocenters. The van der Waals surface area contributed by atoms with Crippen molar-refractivity contribution in [2.45, 2.75) is 25.9 Å². The summed E-state index contributed by atoms with van der Waals surface area (Å²) in [6.07, 6.45) is 2.86. The lowest BCUT2D eigenvalue weighted by atomic mass is 10.3. The summed E-state index contributed by atoms with van der Waals surface area (Å²) >= 11 is 0. The molecule has 0 saturated heterocycles. The first-order chi connectivity index (χ1) is 7.76. The van der Waals surface area contributed by atoms with Gasteiger partial charge in [0.25, 0.3) is 0 Å². The Labute approximate surface area is 99.1 Å². The first-order valence-electron chi connectivity index (χ1n) is 6.34. The van der Waals surface area contributed by atoms with Gasteiger partial charge in [0, 0.05) is 32.8 Å². The van der Waals surface area contributed by atoms with Crippen LogP contribution in [-0.4, -0.2) is 57.5 Å². The van der Waals surface area contributed by atoms with Crippen LogP contribution in [0.2, 0.25) is 0 Å². The van der Waals surface area contributed by atoms with Gasteiger partial charge in [-0.3, -0.25) is 0 Å². The topological polar surface area (TPSA) is 47.7 Å². The number of hydrogen-bond donors (Lipinski definition) is 1. The summed E-state index contributed by atoms with van der Waals surface area (Å²) in [5.74, 6) is 0.852. The van der Waals surface area contributed by atoms with Gasteiger partial charge < -0.3 is 20.1 Å². The highest BCUT2D eigenvalue weighted by Gasteiger charge is 2.21. The van der Waals surface area contributed by atoms with Gasteiger partial charge in [-0.05, 0) is 32.7 Å². The van der Waals surface area contributed by atoms with E-state index in [0.29, 0.717) is 6.54 Å². The Balaban J connectivity index is 1.96. The molecule has 96 valence electrons. The van der Waals surface area contributed by atoms with Crippen molar-refractivity contribution in [3.63, 3.8) is 0 Å². The zero-order valence-corrected chi connectivity index (χ0v) is 10.7. The highest BCUT2D eigenvalue weighted by molar-refractivity contribution is 4.72. The molecule has 16 heavy (non-hydrogen) atoms. The van der Waals surface area contributed by atoms with E-state index >= 15 is 0 Å². The van der Waals surface area contributed by atoms with Crippen molar-refractivity contribution in [3.05, 3.63) is 0 Å². The number of likely N-dealkylation sites (N-methyl/N-ethyl adjacent to an activating group) is 1. The van der Waals surface area contributed by atoms with E-state index in [9.17, 15) is 0 Å². The molecule has 1 aliphatic rings. The SMILES string of the molecule is CCOC(CN)CN(C)CCOCC1CC1. The second kappa shape index (κ2) is 8.01. The number of ether oxygens (including phenoxy) is 2. The zero-order valence-electron chi connectivity index (χ0n) is 10.7. The Kier molecular flexibility index (Phi) is 6.96. The molecular weight excluding hydrogens is 204 g/mol. The molecule has 0 amide bonds. The monoisotopic (exact) mass is 230 g/mol. The lowest BCUT2D eigenvalue weighted by Gasteiger charge is -2.22. The Morgan fingerprint density at radius 1 is 1.44 bits per heavy atom. The predicted molar refractivity (Wildman–Crippen MR) is 65.5 cm³/mol. The van der Waals surface area contributed by atoms with Gasteiger partial charge >= 0.3 is 0 Å². The minimum Gasteiger partial charge on any atom is -0.380 e. The smallest absolute Gasteiger partial charge is 0.0823 e. The van der Waals surface area contributed by atoms with Crippen molar-refractivity contribution >= 4 is 0 Å². The minimum atomic E-state index is 0.151. The molecule has 0 aliphatic heterocycles. The largest absolute Gasteiger partial charge is 0.380 e. The average molecular weight is 230 g/mol. The molecule has 0 aromatic carbocycles. The summed E-state index contributed by atoms with van der Waals surface area (Å²) in [6, 6.07) is 0. The van der Waals surface area contributed by atoms with Crippen molar-refractivity contribution in [1.29, 1.82) is 0 Å². The fourth-order valence-corrected chi connectivity index (χ4v) is 1.62. The van der Waals surface area contributed by atoms with E-state index in [4.69, 9.17) is 15.2 Å². The van der Waals surface area contributed by atoms with Gasteiger partial charge in [0.1, 0.15) is 0 Å². The van der Waals surface area contributed by atoms with Crippen LogP contribution in [0.4, 0.5) is 0 Å². The molecule has 1 saturated carbocycles. The van der Waals surface area contributed by atoms with Crippen LogP contribution in [0.25, 0.3) is 0 Å². The minimum absolute atomic E-state index is 0.151. The predicted octanol–water partition coefficient (Wildman–Crippen LogP) is 0.709. The van der Waals surface area contributed by atoms with Crippen molar-refractivity contribution in [2.75, 3.05) is 46.5 Å². The third kappa shape index (κ3) is 6.43. The molecule has 4 heteroatoms. The highest BCUT2D eigenvalue weighted by atomic mass is 16.5. The van der Waals surface area contributed by atoms with Gasteiger partial charge in [-0.1, -0.05) is 0 Å². The Morgan fingerprint density at radius 3 is 2.75 bits per heavy atom. The third-order valence-electron chi connectivity index (χ3n) is 2.85. The second-order valence-electron chi connectivity index (χ2n) is 4.59. The fourth-order valence-electron chi connectivity index (χ4n) is 1.62. The van der Waals surface area contributed by atoms with Crippen LogP contribution in [0.15, 0.2) is 0 Å². The van der Waals surface area contributed by atoms with Crippen LogP contribution in [0.5, 0.6) is 0 Å². The summed E-state index contributed by atoms with van der Waals surface area (Å²) in [5.41, 5.74) is 5.63. The van der Waals surface area contributed by atoms with Crippen LogP contribution in [0.3, 0.4) is 0 Å². The zero-order chi connectivity index (χ0) is 11.8. The average Bonchev–Trinajstić information content (AvgIpc) is 3.07. The van der Waals surface area contributed by atoms with Crippen LogP contribution in [-0.2, 0) is 9.47 Å². The number of nitrogens with zero attached hydrogens (tertiary/aromatic N) is 1. The summed E-state index contributed by atoms with van der Waals surface area (Å²) in [5, 5.41) is 0. The summed E-state index contributed by atoms with van der Waals surface area (Å²) < 4.78 is 11.1. The van der Waals surface area contributed by atoms with Crippen LogP contribution in [0.1, 0.15) is 19.8 Å². The molecule has 0 aromatic rings. The van der Waals surface area contributed by atoms with Gasteiger partial charge in [-0.15, -0.1) is 0 Å². The summed E-state index contributed by atoms with van der Waals surface area (Å²) in [4.78, 5) is 2.22. The number of rotatable bonds is 10. The van der Waals surface area contributed by atoms with Crippen LogP contribution >= 0.6 is 0 Å². The molecule has 1 unspecified atom stereocenters. The lowest BCUT2D eigenvalue weighted by molar-refractivity contribution is 0.0350. The Morgan fingerprint density at radius 2 is 2.19 bits per heavy atom. The summed E-state index contributed by atoms with van der Waals surface area (Å²) in [7, 11) is 2.09. The highest BCUT2D eigenvalue weighted by Crippen LogP contribution is 2.28. The normalized spacial score (nSPS) is 18.0. The van der Waals surface area contributed by atoms with Crippen molar-refractivity contribution < 1.29 is 9.47 Å². The standard InChI is InChI=1S/C12H26N2O2/c1-3-16-12(8-13)9-14(2)6-7-15-10-11-4-5-11/h11-12H,3-10,13H2,1-2H3. The quantitative estimate of drug-likeness (QED) is 0.562. The van der Waals surface area contributed by atoms with Crippen molar-refractivity contribution in [3.8, 4) is 0 Å². The maximum Gasteiger partial charge on any atom is 0.0823 e. The molecule has 1 rings (SSSR count). The van der Waals surface area contributed by atoms with Gasteiger partial charge in [-0.2, -0.15) is 0 Å². The first kappa shape index (κ1) is 13.9. The van der Waals surface area contributed by atoms with Crippen LogP contribution < -0.4 is 5.73 Å². The molecule has 1 aliphatic carbocycles. The molecule has 4 nitrogen and oxygen atoms in total. The maximum absolute atomic E-state index is 5.63. The van der Waals surface area contributed by atoms with E-state index in [1.165, 1.54) is 12.8 Å². The van der Waals surface area contributed by atoms with Gasteiger partial charge in [0.2, 0.25) is 0 Å². The second-order valence-corrected chi connectivity index (χ2v) is 4.59.